The number of nitrogens with zero attached hydrogens (tertiary/aromatic N) is 2. The summed E-state index contributed by atoms with van der Waals surface area (Å²) in [5.41, 5.74) is 2.35. The lowest BCUT2D eigenvalue weighted by atomic mass is 10.1. The van der Waals surface area contributed by atoms with Crippen LogP contribution in [0.15, 0.2) is 36.4 Å². The summed E-state index contributed by atoms with van der Waals surface area (Å²) < 4.78 is 0. The number of nitro benzene ring substituents is 1. The van der Waals surface area contributed by atoms with Gasteiger partial charge in [0.1, 0.15) is 0 Å². The molecule has 1 aliphatic rings. The van der Waals surface area contributed by atoms with Crippen molar-refractivity contribution in [1.29, 1.82) is 0 Å². The van der Waals surface area contributed by atoms with E-state index in [9.17, 15) is 19.7 Å². The van der Waals surface area contributed by atoms with Crippen LogP contribution in [0.2, 0.25) is 5.02 Å². The van der Waals surface area contributed by atoms with Crippen LogP contribution in [0.25, 0.3) is 0 Å². The average molecular weight is 388 g/mol. The molecule has 0 bridgehead atoms. The predicted octanol–water partition coefficient (Wildman–Crippen LogP) is 3.86. The molecule has 1 aliphatic heterocycles. The Morgan fingerprint density at radius 3 is 2.63 bits per heavy atom. The largest absolute Gasteiger partial charge is 0.325 e. The number of anilines is 2. The molecule has 0 radical (unpaired) electrons. The highest BCUT2D eigenvalue weighted by atomic mass is 35.5. The van der Waals surface area contributed by atoms with E-state index in [2.05, 4.69) is 5.32 Å². The Balaban J connectivity index is 1.77. The quantitative estimate of drug-likeness (QED) is 0.636. The van der Waals surface area contributed by atoms with E-state index in [1.165, 1.54) is 11.0 Å². The minimum absolute atomic E-state index is 0.0487. The number of rotatable bonds is 4. The molecule has 8 heteroatoms. The SMILES string of the molecule is Cc1ccc(Cl)cc1NC(=O)[C@@H]1CC(=O)N(c2ccc(C)c([N+](=O)[O-])c2)C1. The molecule has 1 N–H and O–H groups in total. The Hall–Kier alpha value is -2.93. The van der Waals surface area contributed by atoms with Gasteiger partial charge in [0, 0.05) is 35.3 Å². The van der Waals surface area contributed by atoms with Gasteiger partial charge in [0.25, 0.3) is 5.69 Å². The van der Waals surface area contributed by atoms with Gasteiger partial charge in [-0.3, -0.25) is 19.7 Å². The fraction of sp³-hybridized carbons (Fsp3) is 0.263. The van der Waals surface area contributed by atoms with Crippen molar-refractivity contribution >= 4 is 40.5 Å². The van der Waals surface area contributed by atoms with Crippen LogP contribution in [0.3, 0.4) is 0 Å². The van der Waals surface area contributed by atoms with Crippen LogP contribution in [0.4, 0.5) is 17.1 Å². The lowest BCUT2D eigenvalue weighted by Crippen LogP contribution is -2.28. The Morgan fingerprint density at radius 1 is 1.22 bits per heavy atom. The Morgan fingerprint density at radius 2 is 1.93 bits per heavy atom. The normalized spacial score (nSPS) is 16.5. The molecule has 0 spiro atoms. The van der Waals surface area contributed by atoms with Crippen molar-refractivity contribution in [3.8, 4) is 0 Å². The summed E-state index contributed by atoms with van der Waals surface area (Å²) in [6.07, 6.45) is 0.0487. The predicted molar refractivity (Wildman–Crippen MR) is 103 cm³/mol. The van der Waals surface area contributed by atoms with Crippen molar-refractivity contribution in [2.24, 2.45) is 5.92 Å². The van der Waals surface area contributed by atoms with E-state index in [1.54, 1.807) is 37.3 Å². The summed E-state index contributed by atoms with van der Waals surface area (Å²) in [6.45, 7) is 3.66. The molecule has 1 fully saturated rings. The van der Waals surface area contributed by atoms with Crippen molar-refractivity contribution in [3.63, 3.8) is 0 Å². The molecule has 2 amide bonds. The van der Waals surface area contributed by atoms with Crippen molar-refractivity contribution in [2.75, 3.05) is 16.8 Å². The van der Waals surface area contributed by atoms with Crippen molar-refractivity contribution < 1.29 is 14.5 Å². The molecule has 2 aromatic carbocycles. The van der Waals surface area contributed by atoms with Crippen molar-refractivity contribution in [3.05, 3.63) is 62.7 Å². The van der Waals surface area contributed by atoms with Gasteiger partial charge in [-0.25, -0.2) is 0 Å². The molecule has 0 aliphatic carbocycles. The maximum atomic E-state index is 12.6. The Labute approximate surface area is 161 Å². The van der Waals surface area contributed by atoms with Crippen LogP contribution < -0.4 is 10.2 Å². The average Bonchev–Trinajstić information content (AvgIpc) is 3.00. The zero-order chi connectivity index (χ0) is 19.7. The molecule has 0 unspecified atom stereocenters. The van der Waals surface area contributed by atoms with Gasteiger partial charge in [-0.05, 0) is 37.6 Å². The van der Waals surface area contributed by atoms with Gasteiger partial charge in [0.15, 0.2) is 0 Å². The summed E-state index contributed by atoms with van der Waals surface area (Å²) in [5, 5.41) is 14.5. The maximum Gasteiger partial charge on any atom is 0.274 e. The second kappa shape index (κ2) is 7.36. The third-order valence-corrected chi connectivity index (χ3v) is 4.89. The van der Waals surface area contributed by atoms with Crippen molar-refractivity contribution in [1.82, 2.24) is 0 Å². The van der Waals surface area contributed by atoms with E-state index in [-0.39, 0.29) is 30.5 Å². The van der Waals surface area contributed by atoms with Crippen molar-refractivity contribution in [2.45, 2.75) is 20.3 Å². The van der Waals surface area contributed by atoms with Crippen LogP contribution in [-0.2, 0) is 9.59 Å². The highest BCUT2D eigenvalue weighted by Gasteiger charge is 2.36. The third kappa shape index (κ3) is 3.93. The topological polar surface area (TPSA) is 92.6 Å². The molecular formula is C19H18ClN3O4. The third-order valence-electron chi connectivity index (χ3n) is 4.65. The van der Waals surface area contributed by atoms with Gasteiger partial charge in [0.05, 0.1) is 16.5 Å². The van der Waals surface area contributed by atoms with E-state index >= 15 is 0 Å². The van der Waals surface area contributed by atoms with Crippen LogP contribution >= 0.6 is 11.6 Å². The zero-order valence-electron chi connectivity index (χ0n) is 14.9. The summed E-state index contributed by atoms with van der Waals surface area (Å²) in [5.74, 6) is -1.06. The van der Waals surface area contributed by atoms with E-state index in [0.29, 0.717) is 22.0 Å². The summed E-state index contributed by atoms with van der Waals surface area (Å²) in [7, 11) is 0. The first-order valence-corrected chi connectivity index (χ1v) is 8.76. The van der Waals surface area contributed by atoms with Crippen LogP contribution in [0.5, 0.6) is 0 Å². The lowest BCUT2D eigenvalue weighted by Gasteiger charge is -2.17. The van der Waals surface area contributed by atoms with Crippen LogP contribution in [-0.4, -0.2) is 23.3 Å². The van der Waals surface area contributed by atoms with Gasteiger partial charge >= 0.3 is 0 Å². The molecular weight excluding hydrogens is 370 g/mol. The number of carbonyl (C=O) groups is 2. The fourth-order valence-electron chi connectivity index (χ4n) is 3.06. The summed E-state index contributed by atoms with van der Waals surface area (Å²) in [6, 6.07) is 9.82. The second-order valence-corrected chi connectivity index (χ2v) is 7.02. The first kappa shape index (κ1) is 18.8. The summed E-state index contributed by atoms with van der Waals surface area (Å²) in [4.78, 5) is 37.0. The van der Waals surface area contributed by atoms with Crippen LogP contribution in [0, 0.1) is 29.9 Å². The molecule has 1 heterocycles. The second-order valence-electron chi connectivity index (χ2n) is 6.58. The molecule has 3 rings (SSSR count). The van der Waals surface area contributed by atoms with Crippen LogP contribution in [0.1, 0.15) is 17.5 Å². The van der Waals surface area contributed by atoms with Gasteiger partial charge in [-0.15, -0.1) is 0 Å². The van der Waals surface area contributed by atoms with E-state index in [1.807, 2.05) is 6.92 Å². The number of benzene rings is 2. The number of aryl methyl sites for hydroxylation is 2. The number of halogens is 1. The first-order valence-electron chi connectivity index (χ1n) is 8.38. The smallest absolute Gasteiger partial charge is 0.274 e. The monoisotopic (exact) mass is 387 g/mol. The molecule has 0 saturated carbocycles. The first-order chi connectivity index (χ1) is 12.8. The number of hydrogen-bond acceptors (Lipinski definition) is 4. The molecule has 27 heavy (non-hydrogen) atoms. The highest BCUT2D eigenvalue weighted by molar-refractivity contribution is 6.31. The van der Waals surface area contributed by atoms with E-state index in [4.69, 9.17) is 11.6 Å². The number of carbonyl (C=O) groups excluding carboxylic acids is 2. The lowest BCUT2D eigenvalue weighted by molar-refractivity contribution is -0.385. The number of nitro groups is 1. The fourth-order valence-corrected chi connectivity index (χ4v) is 3.23. The van der Waals surface area contributed by atoms with E-state index in [0.717, 1.165) is 5.56 Å². The number of hydrogen-bond donors (Lipinski definition) is 1. The standard InChI is InChI=1S/C19H18ClN3O4/c1-11-3-5-14(20)8-16(11)21-19(25)13-7-18(24)22(10-13)15-6-4-12(2)17(9-15)23(26)27/h3-6,8-9,13H,7,10H2,1-2H3,(H,21,25)/t13-/m1/s1. The summed E-state index contributed by atoms with van der Waals surface area (Å²) >= 11 is 5.97. The van der Waals surface area contributed by atoms with Gasteiger partial charge in [0.2, 0.25) is 11.8 Å². The van der Waals surface area contributed by atoms with Gasteiger partial charge in [-0.1, -0.05) is 23.7 Å². The minimum atomic E-state index is -0.545. The zero-order valence-corrected chi connectivity index (χ0v) is 15.6. The number of nitrogens with one attached hydrogen (secondary N) is 1. The molecule has 1 saturated heterocycles. The minimum Gasteiger partial charge on any atom is -0.325 e. The molecule has 7 nitrogen and oxygen atoms in total. The Bertz CT molecular complexity index is 945. The Kier molecular flexibility index (Phi) is 5.14. The molecule has 0 aromatic heterocycles. The number of amides is 2. The molecule has 140 valence electrons. The van der Waals surface area contributed by atoms with E-state index < -0.39 is 10.8 Å². The maximum absolute atomic E-state index is 12.6. The van der Waals surface area contributed by atoms with Gasteiger partial charge in [-0.2, -0.15) is 0 Å². The molecule has 2 aromatic rings. The molecule has 1 atom stereocenters. The highest BCUT2D eigenvalue weighted by Crippen LogP contribution is 2.30. The van der Waals surface area contributed by atoms with Gasteiger partial charge < -0.3 is 10.2 Å².